The molecule has 0 saturated carbocycles. The van der Waals surface area contributed by atoms with Crippen LogP contribution in [0.15, 0.2) is 42.5 Å². The third kappa shape index (κ3) is 4.36. The van der Waals surface area contributed by atoms with Crippen molar-refractivity contribution in [3.63, 3.8) is 0 Å². The van der Waals surface area contributed by atoms with Gasteiger partial charge >= 0.3 is 0 Å². The van der Waals surface area contributed by atoms with Crippen molar-refractivity contribution in [2.45, 2.75) is 19.5 Å². The Balaban J connectivity index is 1.64. The average molecular weight is 394 g/mol. The standard InChI is InChI=1S/C17H14Cl2FN5O/c1-10(14-7-4-12(18)8-15(14)19)21-16(26)9-25-23-17(22-24-25)11-2-5-13(20)6-3-11/h2-8,10H,9H2,1H3,(H,21,26)/t10-/m1/s1. The van der Waals surface area contributed by atoms with E-state index in [0.29, 0.717) is 21.4 Å². The van der Waals surface area contributed by atoms with E-state index in [2.05, 4.69) is 20.7 Å². The summed E-state index contributed by atoms with van der Waals surface area (Å²) in [7, 11) is 0. The molecule has 0 aliphatic carbocycles. The molecular formula is C17H14Cl2FN5O. The minimum absolute atomic E-state index is 0.107. The van der Waals surface area contributed by atoms with Crippen LogP contribution >= 0.6 is 23.2 Å². The summed E-state index contributed by atoms with van der Waals surface area (Å²) in [5.41, 5.74) is 1.36. The summed E-state index contributed by atoms with van der Waals surface area (Å²) in [5.74, 6) is -0.339. The molecule has 3 rings (SSSR count). The maximum absolute atomic E-state index is 13.0. The molecule has 1 atom stereocenters. The molecule has 0 saturated heterocycles. The van der Waals surface area contributed by atoms with E-state index in [4.69, 9.17) is 23.2 Å². The highest BCUT2D eigenvalue weighted by atomic mass is 35.5. The Morgan fingerprint density at radius 1 is 1.23 bits per heavy atom. The topological polar surface area (TPSA) is 72.7 Å². The van der Waals surface area contributed by atoms with Gasteiger partial charge in [-0.2, -0.15) is 4.80 Å². The summed E-state index contributed by atoms with van der Waals surface area (Å²) in [6.45, 7) is 1.70. The first-order chi connectivity index (χ1) is 12.4. The number of nitrogens with zero attached hydrogens (tertiary/aromatic N) is 4. The second-order valence-electron chi connectivity index (χ2n) is 5.61. The van der Waals surface area contributed by atoms with Crippen LogP contribution in [0.5, 0.6) is 0 Å². The second kappa shape index (κ2) is 7.80. The van der Waals surface area contributed by atoms with Gasteiger partial charge in [-0.05, 0) is 54.1 Å². The summed E-state index contributed by atoms with van der Waals surface area (Å²) in [4.78, 5) is 13.4. The molecule has 1 amide bonds. The number of aromatic nitrogens is 4. The van der Waals surface area contributed by atoms with Gasteiger partial charge in [-0.3, -0.25) is 4.79 Å². The van der Waals surface area contributed by atoms with Gasteiger partial charge in [-0.15, -0.1) is 10.2 Å². The summed E-state index contributed by atoms with van der Waals surface area (Å²) in [5, 5.41) is 15.7. The number of hydrogen-bond donors (Lipinski definition) is 1. The smallest absolute Gasteiger partial charge is 0.244 e. The summed E-state index contributed by atoms with van der Waals surface area (Å²) in [6, 6.07) is 10.5. The Morgan fingerprint density at radius 3 is 2.65 bits per heavy atom. The van der Waals surface area contributed by atoms with Crippen LogP contribution < -0.4 is 5.32 Å². The molecule has 0 spiro atoms. The Kier molecular flexibility index (Phi) is 5.49. The van der Waals surface area contributed by atoms with Crippen LogP contribution in [0.3, 0.4) is 0 Å². The maximum atomic E-state index is 13.0. The van der Waals surface area contributed by atoms with Crippen LogP contribution in [-0.2, 0) is 11.3 Å². The zero-order valence-electron chi connectivity index (χ0n) is 13.7. The van der Waals surface area contributed by atoms with E-state index < -0.39 is 0 Å². The van der Waals surface area contributed by atoms with Crippen LogP contribution in [0, 0.1) is 5.82 Å². The molecule has 9 heteroatoms. The number of carbonyl (C=O) groups excluding carboxylic acids is 1. The average Bonchev–Trinajstić information content (AvgIpc) is 3.03. The highest BCUT2D eigenvalue weighted by molar-refractivity contribution is 6.35. The molecule has 6 nitrogen and oxygen atoms in total. The van der Waals surface area contributed by atoms with Crippen molar-refractivity contribution in [2.24, 2.45) is 0 Å². The van der Waals surface area contributed by atoms with E-state index in [9.17, 15) is 9.18 Å². The van der Waals surface area contributed by atoms with Crippen molar-refractivity contribution >= 4 is 29.1 Å². The fraction of sp³-hybridized carbons (Fsp3) is 0.176. The molecule has 0 fully saturated rings. The Bertz CT molecular complexity index is 929. The quantitative estimate of drug-likeness (QED) is 0.717. The second-order valence-corrected chi connectivity index (χ2v) is 6.45. The number of nitrogens with one attached hydrogen (secondary N) is 1. The highest BCUT2D eigenvalue weighted by Crippen LogP contribution is 2.26. The number of hydrogen-bond acceptors (Lipinski definition) is 4. The molecule has 0 bridgehead atoms. The lowest BCUT2D eigenvalue weighted by atomic mass is 10.1. The van der Waals surface area contributed by atoms with Gasteiger partial charge in [0.05, 0.1) is 6.04 Å². The molecule has 0 aliphatic rings. The van der Waals surface area contributed by atoms with Crippen molar-refractivity contribution in [2.75, 3.05) is 0 Å². The normalized spacial score (nSPS) is 12.0. The monoisotopic (exact) mass is 393 g/mol. The lowest BCUT2D eigenvalue weighted by Crippen LogP contribution is -2.31. The molecule has 0 aliphatic heterocycles. The molecule has 1 N–H and O–H groups in total. The minimum atomic E-state index is -0.352. The van der Waals surface area contributed by atoms with Crippen LogP contribution in [0.1, 0.15) is 18.5 Å². The van der Waals surface area contributed by atoms with Crippen molar-refractivity contribution in [1.82, 2.24) is 25.5 Å². The van der Waals surface area contributed by atoms with Crippen molar-refractivity contribution < 1.29 is 9.18 Å². The number of rotatable bonds is 5. The molecule has 134 valence electrons. The third-order valence-corrected chi connectivity index (χ3v) is 4.21. The first kappa shape index (κ1) is 18.3. The lowest BCUT2D eigenvalue weighted by molar-refractivity contribution is -0.122. The number of amides is 1. The van der Waals surface area contributed by atoms with Crippen molar-refractivity contribution in [3.8, 4) is 11.4 Å². The summed E-state index contributed by atoms with van der Waals surface area (Å²) in [6.07, 6.45) is 0. The zero-order chi connectivity index (χ0) is 18.7. The van der Waals surface area contributed by atoms with E-state index in [-0.39, 0.29) is 24.3 Å². The molecule has 2 aromatic carbocycles. The van der Waals surface area contributed by atoms with E-state index in [1.54, 1.807) is 30.3 Å². The van der Waals surface area contributed by atoms with E-state index in [1.165, 1.54) is 16.9 Å². The van der Waals surface area contributed by atoms with Crippen LogP contribution in [0.4, 0.5) is 4.39 Å². The molecule has 26 heavy (non-hydrogen) atoms. The fourth-order valence-corrected chi connectivity index (χ4v) is 2.94. The van der Waals surface area contributed by atoms with Crippen molar-refractivity contribution in [3.05, 3.63) is 63.9 Å². The van der Waals surface area contributed by atoms with Gasteiger partial charge in [0.2, 0.25) is 11.7 Å². The largest absolute Gasteiger partial charge is 0.348 e. The van der Waals surface area contributed by atoms with E-state index in [0.717, 1.165) is 5.56 Å². The van der Waals surface area contributed by atoms with Gasteiger partial charge in [0.15, 0.2) is 0 Å². The van der Waals surface area contributed by atoms with Crippen LogP contribution in [0.2, 0.25) is 10.0 Å². The van der Waals surface area contributed by atoms with Gasteiger partial charge in [0, 0.05) is 15.6 Å². The maximum Gasteiger partial charge on any atom is 0.244 e. The first-order valence-electron chi connectivity index (χ1n) is 7.70. The zero-order valence-corrected chi connectivity index (χ0v) is 15.2. The SMILES string of the molecule is C[C@@H](NC(=O)Cn1nnc(-c2ccc(F)cc2)n1)c1ccc(Cl)cc1Cl. The summed E-state index contributed by atoms with van der Waals surface area (Å²) < 4.78 is 13.0. The molecular weight excluding hydrogens is 380 g/mol. The van der Waals surface area contributed by atoms with Gasteiger partial charge in [-0.1, -0.05) is 29.3 Å². The predicted octanol–water partition coefficient (Wildman–Crippen LogP) is 3.66. The number of tetrazole rings is 1. The molecule has 1 aromatic heterocycles. The van der Waals surface area contributed by atoms with E-state index >= 15 is 0 Å². The van der Waals surface area contributed by atoms with Gasteiger partial charge in [0.25, 0.3) is 0 Å². The lowest BCUT2D eigenvalue weighted by Gasteiger charge is -2.15. The van der Waals surface area contributed by atoms with Gasteiger partial charge in [0.1, 0.15) is 12.4 Å². The molecule has 1 heterocycles. The molecule has 0 radical (unpaired) electrons. The van der Waals surface area contributed by atoms with Crippen molar-refractivity contribution in [1.29, 1.82) is 0 Å². The van der Waals surface area contributed by atoms with E-state index in [1.807, 2.05) is 6.92 Å². The minimum Gasteiger partial charge on any atom is -0.348 e. The number of carbonyl (C=O) groups is 1. The third-order valence-electron chi connectivity index (χ3n) is 3.65. The number of benzene rings is 2. The Morgan fingerprint density at radius 2 is 1.96 bits per heavy atom. The van der Waals surface area contributed by atoms with Crippen LogP contribution in [0.25, 0.3) is 11.4 Å². The Labute approximate surface area is 158 Å². The van der Waals surface area contributed by atoms with Gasteiger partial charge in [-0.25, -0.2) is 4.39 Å². The fourth-order valence-electron chi connectivity index (χ4n) is 2.37. The van der Waals surface area contributed by atoms with Crippen LogP contribution in [-0.4, -0.2) is 26.1 Å². The highest BCUT2D eigenvalue weighted by Gasteiger charge is 2.15. The number of halogens is 3. The first-order valence-corrected chi connectivity index (χ1v) is 8.46. The summed E-state index contributed by atoms with van der Waals surface area (Å²) >= 11 is 12.0. The predicted molar refractivity (Wildman–Crippen MR) is 96.2 cm³/mol. The molecule has 3 aromatic rings. The molecule has 0 unspecified atom stereocenters. The Hall–Kier alpha value is -2.51. The van der Waals surface area contributed by atoms with Gasteiger partial charge < -0.3 is 5.32 Å².